The van der Waals surface area contributed by atoms with E-state index in [-0.39, 0.29) is 24.9 Å². The molecule has 15 heavy (non-hydrogen) atoms. The number of amides is 2. The Morgan fingerprint density at radius 1 is 1.33 bits per heavy atom. The first-order valence-electron chi connectivity index (χ1n) is 4.55. The van der Waals surface area contributed by atoms with Crippen molar-refractivity contribution in [1.82, 2.24) is 20.4 Å². The lowest BCUT2D eigenvalue weighted by Crippen LogP contribution is -2.50. The molecule has 1 aliphatic rings. The van der Waals surface area contributed by atoms with Crippen LogP contribution in [0, 0.1) is 0 Å². The van der Waals surface area contributed by atoms with Gasteiger partial charge in [0.25, 0.3) is 0 Å². The van der Waals surface area contributed by atoms with Gasteiger partial charge in [-0.1, -0.05) is 0 Å². The van der Waals surface area contributed by atoms with Crippen LogP contribution in [0.3, 0.4) is 0 Å². The molecule has 0 aromatic carbocycles. The molecule has 1 aliphatic heterocycles. The Kier molecular flexibility index (Phi) is 2.68. The number of imide groups is 1. The normalized spacial score (nSPS) is 17.6. The summed E-state index contributed by atoms with van der Waals surface area (Å²) in [7, 11) is 0. The number of nitrogens with one attached hydrogen (secondary N) is 1. The van der Waals surface area contributed by atoms with Crippen LogP contribution in [-0.4, -0.2) is 40.0 Å². The summed E-state index contributed by atoms with van der Waals surface area (Å²) in [4.78, 5) is 23.9. The SMILES string of the molecule is O=C1CN(Cc2cccnn2)CC(=O)N1. The molecule has 1 aromatic rings. The molecule has 6 heteroatoms. The molecule has 1 N–H and O–H groups in total. The van der Waals surface area contributed by atoms with E-state index < -0.39 is 0 Å². The Labute approximate surface area is 86.3 Å². The predicted molar refractivity (Wildman–Crippen MR) is 50.5 cm³/mol. The van der Waals surface area contributed by atoms with E-state index in [4.69, 9.17) is 0 Å². The summed E-state index contributed by atoms with van der Waals surface area (Å²) in [5, 5.41) is 9.85. The number of hydrogen-bond acceptors (Lipinski definition) is 5. The zero-order valence-electron chi connectivity index (χ0n) is 8.01. The standard InChI is InChI=1S/C9H10N4O2/c14-8-5-13(6-9(15)11-8)4-7-2-1-3-10-12-7/h1-3H,4-6H2,(H,11,14,15). The first-order valence-corrected chi connectivity index (χ1v) is 4.55. The Morgan fingerprint density at radius 3 is 2.67 bits per heavy atom. The van der Waals surface area contributed by atoms with Gasteiger partial charge < -0.3 is 0 Å². The number of aromatic nitrogens is 2. The van der Waals surface area contributed by atoms with Gasteiger partial charge in [-0.3, -0.25) is 19.8 Å². The van der Waals surface area contributed by atoms with E-state index in [0.717, 1.165) is 5.69 Å². The van der Waals surface area contributed by atoms with E-state index >= 15 is 0 Å². The molecular formula is C9H10N4O2. The second-order valence-electron chi connectivity index (χ2n) is 3.33. The lowest BCUT2D eigenvalue weighted by molar-refractivity contribution is -0.136. The molecule has 2 heterocycles. The molecule has 0 aliphatic carbocycles. The van der Waals surface area contributed by atoms with Gasteiger partial charge in [-0.15, -0.1) is 0 Å². The number of rotatable bonds is 2. The van der Waals surface area contributed by atoms with Crippen LogP contribution in [0.4, 0.5) is 0 Å². The molecule has 0 spiro atoms. The number of hydrogen-bond donors (Lipinski definition) is 1. The van der Waals surface area contributed by atoms with Crippen LogP contribution in [0.15, 0.2) is 18.3 Å². The zero-order valence-corrected chi connectivity index (χ0v) is 8.01. The molecule has 1 aromatic heterocycles. The molecule has 6 nitrogen and oxygen atoms in total. The number of carbonyl (C=O) groups excluding carboxylic acids is 2. The molecule has 2 amide bonds. The molecule has 0 unspecified atom stereocenters. The first kappa shape index (κ1) is 9.72. The number of nitrogens with zero attached hydrogens (tertiary/aromatic N) is 3. The molecule has 2 rings (SSSR count). The Morgan fingerprint density at radius 2 is 2.07 bits per heavy atom. The third-order valence-electron chi connectivity index (χ3n) is 2.03. The summed E-state index contributed by atoms with van der Waals surface area (Å²) in [6.07, 6.45) is 1.58. The summed E-state index contributed by atoms with van der Waals surface area (Å²) in [5.74, 6) is -0.537. The first-order chi connectivity index (χ1) is 7.24. The largest absolute Gasteiger partial charge is 0.294 e. The number of carbonyl (C=O) groups is 2. The van der Waals surface area contributed by atoms with Crippen molar-refractivity contribution in [2.45, 2.75) is 6.54 Å². The van der Waals surface area contributed by atoms with Gasteiger partial charge in [-0.25, -0.2) is 0 Å². The summed E-state index contributed by atoms with van der Waals surface area (Å²) in [6, 6.07) is 3.58. The van der Waals surface area contributed by atoms with Gasteiger partial charge in [0.1, 0.15) is 0 Å². The van der Waals surface area contributed by atoms with Crippen LogP contribution >= 0.6 is 0 Å². The van der Waals surface area contributed by atoms with Crippen molar-refractivity contribution in [2.75, 3.05) is 13.1 Å². The van der Waals surface area contributed by atoms with Crippen LogP contribution in [0.25, 0.3) is 0 Å². The highest BCUT2D eigenvalue weighted by atomic mass is 16.2. The van der Waals surface area contributed by atoms with Gasteiger partial charge in [0.05, 0.1) is 18.8 Å². The van der Waals surface area contributed by atoms with Crippen LogP contribution in [0.1, 0.15) is 5.69 Å². The Hall–Kier alpha value is -1.82. The third kappa shape index (κ3) is 2.57. The van der Waals surface area contributed by atoms with Gasteiger partial charge in [0.2, 0.25) is 11.8 Å². The van der Waals surface area contributed by atoms with Crippen molar-refractivity contribution >= 4 is 11.8 Å². The quantitative estimate of drug-likeness (QED) is 0.624. The Bertz CT molecular complexity index is 363. The van der Waals surface area contributed by atoms with Crippen LogP contribution in [0.5, 0.6) is 0 Å². The molecule has 78 valence electrons. The third-order valence-corrected chi connectivity index (χ3v) is 2.03. The summed E-state index contributed by atoms with van der Waals surface area (Å²) < 4.78 is 0. The molecule has 0 radical (unpaired) electrons. The number of piperazine rings is 1. The van der Waals surface area contributed by atoms with Crippen LogP contribution < -0.4 is 5.32 Å². The molecular weight excluding hydrogens is 196 g/mol. The monoisotopic (exact) mass is 206 g/mol. The van der Waals surface area contributed by atoms with Crippen molar-refractivity contribution in [3.05, 3.63) is 24.0 Å². The van der Waals surface area contributed by atoms with Gasteiger partial charge in [0.15, 0.2) is 0 Å². The fourth-order valence-corrected chi connectivity index (χ4v) is 1.46. The molecule has 0 saturated carbocycles. The van der Waals surface area contributed by atoms with E-state index in [9.17, 15) is 9.59 Å². The van der Waals surface area contributed by atoms with Crippen LogP contribution in [0.2, 0.25) is 0 Å². The van der Waals surface area contributed by atoms with Crippen molar-refractivity contribution in [3.8, 4) is 0 Å². The average Bonchev–Trinajstić information content (AvgIpc) is 2.17. The highest BCUT2D eigenvalue weighted by Gasteiger charge is 2.22. The highest BCUT2D eigenvalue weighted by molar-refractivity contribution is 5.99. The maximum absolute atomic E-state index is 11.1. The van der Waals surface area contributed by atoms with Crippen LogP contribution in [-0.2, 0) is 16.1 Å². The Balaban J connectivity index is 2.00. The highest BCUT2D eigenvalue weighted by Crippen LogP contribution is 2.01. The minimum Gasteiger partial charge on any atom is -0.294 e. The van der Waals surface area contributed by atoms with Crippen molar-refractivity contribution in [2.24, 2.45) is 0 Å². The average molecular weight is 206 g/mol. The van der Waals surface area contributed by atoms with Crippen molar-refractivity contribution in [3.63, 3.8) is 0 Å². The molecule has 0 bridgehead atoms. The fourth-order valence-electron chi connectivity index (χ4n) is 1.46. The predicted octanol–water partition coefficient (Wildman–Crippen LogP) is -1.06. The lowest BCUT2D eigenvalue weighted by Gasteiger charge is -2.24. The minimum atomic E-state index is -0.268. The summed E-state index contributed by atoms with van der Waals surface area (Å²) >= 11 is 0. The molecule has 1 fully saturated rings. The lowest BCUT2D eigenvalue weighted by atomic mass is 10.3. The fraction of sp³-hybridized carbons (Fsp3) is 0.333. The molecule has 1 saturated heterocycles. The minimum absolute atomic E-state index is 0.225. The summed E-state index contributed by atoms with van der Waals surface area (Å²) in [6.45, 7) is 0.914. The smallest absolute Gasteiger partial charge is 0.240 e. The van der Waals surface area contributed by atoms with Gasteiger partial charge in [0, 0.05) is 12.7 Å². The topological polar surface area (TPSA) is 75.2 Å². The summed E-state index contributed by atoms with van der Waals surface area (Å²) in [5.41, 5.74) is 0.750. The second kappa shape index (κ2) is 4.14. The van der Waals surface area contributed by atoms with Crippen molar-refractivity contribution in [1.29, 1.82) is 0 Å². The van der Waals surface area contributed by atoms with Crippen molar-refractivity contribution < 1.29 is 9.59 Å². The van der Waals surface area contributed by atoms with Gasteiger partial charge in [-0.05, 0) is 12.1 Å². The molecule has 0 atom stereocenters. The van der Waals surface area contributed by atoms with E-state index in [1.807, 2.05) is 6.07 Å². The van der Waals surface area contributed by atoms with E-state index in [1.54, 1.807) is 17.2 Å². The zero-order chi connectivity index (χ0) is 10.7. The van der Waals surface area contributed by atoms with E-state index in [0.29, 0.717) is 6.54 Å². The van der Waals surface area contributed by atoms with E-state index in [1.165, 1.54) is 0 Å². The second-order valence-corrected chi connectivity index (χ2v) is 3.33. The maximum Gasteiger partial charge on any atom is 0.240 e. The van der Waals surface area contributed by atoms with Gasteiger partial charge in [-0.2, -0.15) is 10.2 Å². The maximum atomic E-state index is 11.1. The van der Waals surface area contributed by atoms with Gasteiger partial charge >= 0.3 is 0 Å². The van der Waals surface area contributed by atoms with E-state index in [2.05, 4.69) is 15.5 Å².